The summed E-state index contributed by atoms with van der Waals surface area (Å²) in [5.41, 5.74) is -0.758. The lowest BCUT2D eigenvalue weighted by molar-refractivity contribution is -0.0689. The molecule has 0 saturated heterocycles. The predicted octanol–water partition coefficient (Wildman–Crippen LogP) is 1.85. The van der Waals surface area contributed by atoms with Gasteiger partial charge in [0.15, 0.2) is 0 Å². The number of hydrogen-bond donors (Lipinski definition) is 2. The first-order chi connectivity index (χ1) is 8.32. The van der Waals surface area contributed by atoms with E-state index in [4.69, 9.17) is 0 Å². The van der Waals surface area contributed by atoms with Crippen molar-refractivity contribution >= 4 is 5.91 Å². The Balaban J connectivity index is 2.12. The first kappa shape index (κ1) is 13.0. The number of nitrogens with one attached hydrogen (secondary N) is 1. The number of aliphatic hydroxyl groups excluding tert-OH is 1. The van der Waals surface area contributed by atoms with Crippen molar-refractivity contribution in [3.05, 3.63) is 35.4 Å². The smallest absolute Gasteiger partial charge is 0.254 e. The fraction of sp³-hybridized carbons (Fsp3) is 0.462. The predicted molar refractivity (Wildman–Crippen MR) is 62.0 cm³/mol. The molecule has 1 amide bonds. The zero-order chi connectivity index (χ0) is 13.5. The summed E-state index contributed by atoms with van der Waals surface area (Å²) in [4.78, 5) is 11.8. The van der Waals surface area contributed by atoms with Crippen molar-refractivity contribution in [2.24, 2.45) is 5.41 Å². The Hall–Kier alpha value is -1.49. The maximum Gasteiger partial charge on any atom is 0.254 e. The SMILES string of the molecule is CC1(C)C(O)CC1NC(=O)c1cc(F)ccc1F. The summed E-state index contributed by atoms with van der Waals surface area (Å²) in [5.74, 6) is -2.07. The molecule has 0 aliphatic heterocycles. The minimum absolute atomic E-state index is 0.234. The first-order valence-corrected chi connectivity index (χ1v) is 5.76. The quantitative estimate of drug-likeness (QED) is 0.847. The van der Waals surface area contributed by atoms with E-state index in [-0.39, 0.29) is 11.6 Å². The number of hydrogen-bond acceptors (Lipinski definition) is 2. The third kappa shape index (κ3) is 2.10. The van der Waals surface area contributed by atoms with Crippen molar-refractivity contribution in [2.45, 2.75) is 32.4 Å². The summed E-state index contributed by atoms with van der Waals surface area (Å²) in [6, 6.07) is 2.52. The lowest BCUT2D eigenvalue weighted by Crippen LogP contribution is -2.61. The molecule has 1 aliphatic carbocycles. The minimum atomic E-state index is -0.758. The molecule has 1 aromatic carbocycles. The van der Waals surface area contributed by atoms with Gasteiger partial charge in [-0.25, -0.2) is 8.78 Å². The fourth-order valence-electron chi connectivity index (χ4n) is 2.05. The molecule has 1 saturated carbocycles. The van der Waals surface area contributed by atoms with Crippen molar-refractivity contribution in [1.82, 2.24) is 5.32 Å². The summed E-state index contributed by atoms with van der Waals surface area (Å²) in [6.07, 6.45) is -0.0597. The number of aliphatic hydroxyl groups is 1. The van der Waals surface area contributed by atoms with E-state index in [0.717, 1.165) is 18.2 Å². The lowest BCUT2D eigenvalue weighted by atomic mass is 9.64. The summed E-state index contributed by atoms with van der Waals surface area (Å²) >= 11 is 0. The second-order valence-electron chi connectivity index (χ2n) is 5.22. The highest BCUT2D eigenvalue weighted by molar-refractivity contribution is 5.94. The summed E-state index contributed by atoms with van der Waals surface area (Å²) < 4.78 is 26.4. The molecule has 3 nitrogen and oxygen atoms in total. The third-order valence-electron chi connectivity index (χ3n) is 3.69. The van der Waals surface area contributed by atoms with Crippen LogP contribution in [0.3, 0.4) is 0 Å². The van der Waals surface area contributed by atoms with Crippen LogP contribution in [0.4, 0.5) is 8.78 Å². The average Bonchev–Trinajstić information content (AvgIpc) is 2.31. The van der Waals surface area contributed by atoms with E-state index in [2.05, 4.69) is 5.32 Å². The number of halogens is 2. The van der Waals surface area contributed by atoms with Crippen LogP contribution in [0.5, 0.6) is 0 Å². The highest BCUT2D eigenvalue weighted by Gasteiger charge is 2.48. The van der Waals surface area contributed by atoms with Gasteiger partial charge in [-0.2, -0.15) is 0 Å². The van der Waals surface area contributed by atoms with Crippen LogP contribution in [0.15, 0.2) is 18.2 Å². The highest BCUT2D eigenvalue weighted by atomic mass is 19.1. The highest BCUT2D eigenvalue weighted by Crippen LogP contribution is 2.40. The maximum atomic E-state index is 13.4. The van der Waals surface area contributed by atoms with Crippen molar-refractivity contribution in [2.75, 3.05) is 0 Å². The number of benzene rings is 1. The van der Waals surface area contributed by atoms with Crippen LogP contribution in [-0.2, 0) is 0 Å². The van der Waals surface area contributed by atoms with Gasteiger partial charge < -0.3 is 10.4 Å². The van der Waals surface area contributed by atoms with Crippen molar-refractivity contribution in [1.29, 1.82) is 0 Å². The van der Waals surface area contributed by atoms with Gasteiger partial charge in [-0.15, -0.1) is 0 Å². The Morgan fingerprint density at radius 1 is 1.44 bits per heavy atom. The monoisotopic (exact) mass is 255 g/mol. The van der Waals surface area contributed by atoms with E-state index in [1.54, 1.807) is 0 Å². The molecule has 2 N–H and O–H groups in total. The third-order valence-corrected chi connectivity index (χ3v) is 3.69. The number of rotatable bonds is 2. The number of carbonyl (C=O) groups is 1. The Labute approximate surface area is 104 Å². The van der Waals surface area contributed by atoms with Crippen molar-refractivity contribution < 1.29 is 18.7 Å². The van der Waals surface area contributed by atoms with Crippen LogP contribution in [0, 0.1) is 17.0 Å². The average molecular weight is 255 g/mol. The van der Waals surface area contributed by atoms with E-state index >= 15 is 0 Å². The van der Waals surface area contributed by atoms with Crippen LogP contribution in [0.2, 0.25) is 0 Å². The maximum absolute atomic E-state index is 13.4. The molecule has 98 valence electrons. The van der Waals surface area contributed by atoms with E-state index in [0.29, 0.717) is 6.42 Å². The fourth-order valence-corrected chi connectivity index (χ4v) is 2.05. The topological polar surface area (TPSA) is 49.3 Å². The molecular weight excluding hydrogens is 240 g/mol. The van der Waals surface area contributed by atoms with Crippen LogP contribution >= 0.6 is 0 Å². The minimum Gasteiger partial charge on any atom is -0.392 e. The molecule has 2 unspecified atom stereocenters. The van der Waals surface area contributed by atoms with E-state index in [1.807, 2.05) is 13.8 Å². The molecule has 1 aliphatic rings. The Kier molecular flexibility index (Phi) is 3.11. The van der Waals surface area contributed by atoms with Gasteiger partial charge in [-0.3, -0.25) is 4.79 Å². The van der Waals surface area contributed by atoms with Crippen LogP contribution in [-0.4, -0.2) is 23.2 Å². The lowest BCUT2D eigenvalue weighted by Gasteiger charge is -2.49. The van der Waals surface area contributed by atoms with Crippen LogP contribution < -0.4 is 5.32 Å². The van der Waals surface area contributed by atoms with Gasteiger partial charge in [0.1, 0.15) is 11.6 Å². The van der Waals surface area contributed by atoms with Gasteiger partial charge in [-0.1, -0.05) is 13.8 Å². The Bertz CT molecular complexity index is 488. The number of amides is 1. The molecule has 1 aromatic rings. The zero-order valence-corrected chi connectivity index (χ0v) is 10.2. The summed E-state index contributed by atoms with van der Waals surface area (Å²) in [7, 11) is 0. The standard InChI is InChI=1S/C13H15F2NO2/c1-13(2)10(6-11(13)17)16-12(18)8-5-7(14)3-4-9(8)15/h3-5,10-11,17H,6H2,1-2H3,(H,16,18). The van der Waals surface area contributed by atoms with Gasteiger partial charge in [0, 0.05) is 11.5 Å². The molecule has 2 rings (SSSR count). The molecule has 0 heterocycles. The first-order valence-electron chi connectivity index (χ1n) is 5.76. The molecular formula is C13H15F2NO2. The van der Waals surface area contributed by atoms with Crippen molar-refractivity contribution in [3.8, 4) is 0 Å². The molecule has 0 bridgehead atoms. The van der Waals surface area contributed by atoms with Gasteiger partial charge in [-0.05, 0) is 24.6 Å². The second-order valence-corrected chi connectivity index (χ2v) is 5.22. The molecule has 0 aromatic heterocycles. The van der Waals surface area contributed by atoms with Crippen molar-refractivity contribution in [3.63, 3.8) is 0 Å². The number of carbonyl (C=O) groups excluding carboxylic acids is 1. The molecule has 0 spiro atoms. The van der Waals surface area contributed by atoms with E-state index < -0.39 is 29.1 Å². The summed E-state index contributed by atoms with van der Waals surface area (Å²) in [5, 5.41) is 12.2. The molecule has 0 radical (unpaired) electrons. The molecule has 18 heavy (non-hydrogen) atoms. The summed E-state index contributed by atoms with van der Waals surface area (Å²) in [6.45, 7) is 3.63. The van der Waals surface area contributed by atoms with Gasteiger partial charge in [0.2, 0.25) is 0 Å². The van der Waals surface area contributed by atoms with E-state index in [9.17, 15) is 18.7 Å². The molecule has 1 fully saturated rings. The van der Waals surface area contributed by atoms with E-state index in [1.165, 1.54) is 0 Å². The van der Waals surface area contributed by atoms with Gasteiger partial charge >= 0.3 is 0 Å². The van der Waals surface area contributed by atoms with Crippen LogP contribution in [0.25, 0.3) is 0 Å². The van der Waals surface area contributed by atoms with Gasteiger partial charge in [0.05, 0.1) is 11.7 Å². The van der Waals surface area contributed by atoms with Gasteiger partial charge in [0.25, 0.3) is 5.91 Å². The molecule has 5 heteroatoms. The Morgan fingerprint density at radius 2 is 2.11 bits per heavy atom. The van der Waals surface area contributed by atoms with Crippen LogP contribution in [0.1, 0.15) is 30.6 Å². The molecule has 2 atom stereocenters. The largest absolute Gasteiger partial charge is 0.392 e. The second kappa shape index (κ2) is 4.31. The Morgan fingerprint density at radius 3 is 2.67 bits per heavy atom. The normalized spacial score (nSPS) is 25.4. The zero-order valence-electron chi connectivity index (χ0n) is 10.2.